The molecule has 0 saturated heterocycles. The van der Waals surface area contributed by atoms with Crippen molar-refractivity contribution in [3.63, 3.8) is 0 Å². The van der Waals surface area contributed by atoms with Crippen LogP contribution in [0.1, 0.15) is 16.8 Å². The fourth-order valence-electron chi connectivity index (χ4n) is 3.56. The minimum Gasteiger partial charge on any atom is -0.480 e. The number of hydrogen-bond acceptors (Lipinski definition) is 8. The van der Waals surface area contributed by atoms with Crippen LogP contribution in [0.2, 0.25) is 0 Å². The monoisotopic (exact) mass is 482 g/mol. The van der Waals surface area contributed by atoms with Gasteiger partial charge >= 0.3 is 0 Å². The number of anilines is 2. The summed E-state index contributed by atoms with van der Waals surface area (Å²) in [5, 5.41) is 3.57. The summed E-state index contributed by atoms with van der Waals surface area (Å²) in [6, 6.07) is 6.00. The van der Waals surface area contributed by atoms with Crippen molar-refractivity contribution in [3.05, 3.63) is 59.3 Å². The molecule has 0 fully saturated rings. The molecule has 0 radical (unpaired) electrons. The molecule has 0 aliphatic heterocycles. The van der Waals surface area contributed by atoms with Crippen LogP contribution in [0.15, 0.2) is 41.6 Å². The zero-order valence-electron chi connectivity index (χ0n) is 19.3. The molecule has 0 saturated carbocycles. The van der Waals surface area contributed by atoms with Crippen LogP contribution in [0.4, 0.5) is 16.0 Å². The molecule has 0 atom stereocenters. The molecule has 0 unspecified atom stereocenters. The molecule has 4 rings (SSSR count). The molecule has 2 N–H and O–H groups in total. The Morgan fingerprint density at radius 1 is 0.971 bits per heavy atom. The minimum absolute atomic E-state index is 0.0821. The van der Waals surface area contributed by atoms with Crippen molar-refractivity contribution in [1.82, 2.24) is 19.9 Å². The predicted octanol–water partition coefficient (Wildman–Crippen LogP) is 4.00. The number of ether oxygens (including phenoxy) is 1. The Bertz CT molecular complexity index is 1530. The van der Waals surface area contributed by atoms with Crippen LogP contribution in [0, 0.1) is 26.6 Å². The van der Waals surface area contributed by atoms with Crippen molar-refractivity contribution in [2.24, 2.45) is 0 Å². The Balaban J connectivity index is 1.81. The van der Waals surface area contributed by atoms with Gasteiger partial charge in [0, 0.05) is 36.1 Å². The normalized spacial score (nSPS) is 11.5. The Kier molecular flexibility index (Phi) is 6.05. The first-order chi connectivity index (χ1) is 16.1. The van der Waals surface area contributed by atoms with E-state index in [0.717, 1.165) is 0 Å². The highest BCUT2D eigenvalue weighted by Crippen LogP contribution is 2.34. The lowest BCUT2D eigenvalue weighted by molar-refractivity contribution is 0.385. The topological polar surface area (TPSA) is 119 Å². The number of methoxy groups -OCH3 is 1. The Morgan fingerprint density at radius 3 is 2.44 bits per heavy atom. The number of aryl methyl sites for hydroxylation is 3. The standard InChI is InChI=1S/C23H23FN6O3S/c1-12-6-20(22(33-5)26-10-12)34(31,32)30-19-9-16(13(2)7-18(19)24)17-8-15-11-27-23(25-4)29-21(15)28-14(17)3/h6-11,30H,1-5H3,(H,25,27,28,29). The minimum atomic E-state index is -4.19. The maximum atomic E-state index is 14.9. The number of hydrogen-bond donors (Lipinski definition) is 2. The van der Waals surface area contributed by atoms with E-state index in [1.807, 2.05) is 13.0 Å². The Morgan fingerprint density at radius 2 is 1.74 bits per heavy atom. The van der Waals surface area contributed by atoms with E-state index in [1.54, 1.807) is 27.1 Å². The van der Waals surface area contributed by atoms with Crippen molar-refractivity contribution in [2.45, 2.75) is 25.7 Å². The zero-order valence-corrected chi connectivity index (χ0v) is 20.1. The van der Waals surface area contributed by atoms with E-state index in [2.05, 4.69) is 30.0 Å². The first-order valence-electron chi connectivity index (χ1n) is 10.3. The van der Waals surface area contributed by atoms with E-state index in [9.17, 15) is 12.8 Å². The number of nitrogens with one attached hydrogen (secondary N) is 2. The van der Waals surface area contributed by atoms with E-state index in [0.29, 0.717) is 44.9 Å². The largest absolute Gasteiger partial charge is 0.480 e. The second-order valence-electron chi connectivity index (χ2n) is 7.75. The van der Waals surface area contributed by atoms with Crippen LogP contribution in [0.3, 0.4) is 0 Å². The van der Waals surface area contributed by atoms with E-state index in [4.69, 9.17) is 4.74 Å². The van der Waals surface area contributed by atoms with Gasteiger partial charge in [0.2, 0.25) is 11.8 Å². The van der Waals surface area contributed by atoms with Gasteiger partial charge in [0.15, 0.2) is 5.65 Å². The van der Waals surface area contributed by atoms with Gasteiger partial charge < -0.3 is 10.1 Å². The van der Waals surface area contributed by atoms with Crippen LogP contribution in [0.5, 0.6) is 5.88 Å². The molecule has 0 bridgehead atoms. The van der Waals surface area contributed by atoms with Gasteiger partial charge in [-0.25, -0.2) is 27.8 Å². The van der Waals surface area contributed by atoms with Gasteiger partial charge in [-0.15, -0.1) is 0 Å². The van der Waals surface area contributed by atoms with Crippen molar-refractivity contribution < 1.29 is 17.5 Å². The first kappa shape index (κ1) is 23.3. The van der Waals surface area contributed by atoms with Gasteiger partial charge in [-0.05, 0) is 61.7 Å². The SMILES string of the molecule is CNc1ncc2cc(-c3cc(NS(=O)(=O)c4cc(C)cnc4OC)c(F)cc3C)c(C)nc2n1. The summed E-state index contributed by atoms with van der Waals surface area (Å²) in [5.41, 5.74) is 3.53. The molecule has 0 amide bonds. The van der Waals surface area contributed by atoms with Crippen LogP contribution in [-0.2, 0) is 10.0 Å². The van der Waals surface area contributed by atoms with E-state index in [-0.39, 0.29) is 16.5 Å². The third-order valence-electron chi connectivity index (χ3n) is 5.27. The quantitative estimate of drug-likeness (QED) is 0.423. The predicted molar refractivity (Wildman–Crippen MR) is 128 cm³/mol. The molecule has 0 aliphatic carbocycles. The summed E-state index contributed by atoms with van der Waals surface area (Å²) in [4.78, 5) is 16.9. The van der Waals surface area contributed by atoms with Gasteiger partial charge in [-0.2, -0.15) is 4.98 Å². The molecule has 3 heterocycles. The zero-order chi connectivity index (χ0) is 24.6. The van der Waals surface area contributed by atoms with Gasteiger partial charge in [-0.1, -0.05) is 0 Å². The van der Waals surface area contributed by atoms with Crippen LogP contribution in [0.25, 0.3) is 22.2 Å². The number of fused-ring (bicyclic) bond motifs is 1. The summed E-state index contributed by atoms with van der Waals surface area (Å²) in [5.74, 6) is -0.345. The molecule has 9 nitrogen and oxygen atoms in total. The van der Waals surface area contributed by atoms with Crippen LogP contribution >= 0.6 is 0 Å². The number of halogens is 1. The van der Waals surface area contributed by atoms with E-state index >= 15 is 0 Å². The molecular formula is C23H23FN6O3S. The lowest BCUT2D eigenvalue weighted by atomic mass is 9.98. The highest BCUT2D eigenvalue weighted by atomic mass is 32.2. The Hall–Kier alpha value is -3.86. The van der Waals surface area contributed by atoms with Crippen LogP contribution < -0.4 is 14.8 Å². The molecule has 176 valence electrons. The molecular weight excluding hydrogens is 459 g/mol. The molecule has 4 aromatic rings. The van der Waals surface area contributed by atoms with Gasteiger partial charge in [0.05, 0.1) is 12.8 Å². The fraction of sp³-hybridized carbons (Fsp3) is 0.217. The molecule has 11 heteroatoms. The lowest BCUT2D eigenvalue weighted by Crippen LogP contribution is -2.16. The highest BCUT2D eigenvalue weighted by Gasteiger charge is 2.23. The summed E-state index contributed by atoms with van der Waals surface area (Å²) in [6.07, 6.45) is 3.13. The third-order valence-corrected chi connectivity index (χ3v) is 6.63. The lowest BCUT2D eigenvalue weighted by Gasteiger charge is -2.15. The van der Waals surface area contributed by atoms with Crippen molar-refractivity contribution in [3.8, 4) is 17.0 Å². The maximum Gasteiger partial charge on any atom is 0.267 e. The van der Waals surface area contributed by atoms with Gasteiger partial charge in [0.1, 0.15) is 10.7 Å². The number of nitrogens with zero attached hydrogens (tertiary/aromatic N) is 4. The smallest absolute Gasteiger partial charge is 0.267 e. The summed E-state index contributed by atoms with van der Waals surface area (Å²) < 4.78 is 48.5. The number of aromatic nitrogens is 4. The number of rotatable bonds is 6. The van der Waals surface area contributed by atoms with Crippen molar-refractivity contribution in [2.75, 3.05) is 24.2 Å². The third kappa shape index (κ3) is 4.34. The molecule has 0 spiro atoms. The van der Waals surface area contributed by atoms with Gasteiger partial charge in [-0.3, -0.25) is 4.72 Å². The molecule has 1 aromatic carbocycles. The fourth-order valence-corrected chi connectivity index (χ4v) is 4.82. The maximum absolute atomic E-state index is 14.9. The van der Waals surface area contributed by atoms with Gasteiger partial charge in [0.25, 0.3) is 10.0 Å². The summed E-state index contributed by atoms with van der Waals surface area (Å²) in [7, 11) is -1.15. The number of pyridine rings is 2. The number of sulfonamides is 1. The average molecular weight is 483 g/mol. The second-order valence-corrected chi connectivity index (χ2v) is 9.40. The van der Waals surface area contributed by atoms with Crippen molar-refractivity contribution >= 4 is 32.7 Å². The van der Waals surface area contributed by atoms with E-state index < -0.39 is 15.8 Å². The van der Waals surface area contributed by atoms with E-state index in [1.165, 1.54) is 31.5 Å². The first-order valence-corrected chi connectivity index (χ1v) is 11.8. The highest BCUT2D eigenvalue weighted by molar-refractivity contribution is 7.92. The molecule has 34 heavy (non-hydrogen) atoms. The summed E-state index contributed by atoms with van der Waals surface area (Å²) in [6.45, 7) is 5.26. The van der Waals surface area contributed by atoms with Crippen molar-refractivity contribution in [1.29, 1.82) is 0 Å². The average Bonchev–Trinajstić information content (AvgIpc) is 2.80. The number of benzene rings is 1. The van der Waals surface area contributed by atoms with Crippen LogP contribution in [-0.4, -0.2) is 42.5 Å². The second kappa shape index (κ2) is 8.82. The Labute approximate surface area is 196 Å². The summed E-state index contributed by atoms with van der Waals surface area (Å²) >= 11 is 0. The molecule has 3 aromatic heterocycles. The molecule has 0 aliphatic rings.